The molecular formula is C23H23F6N5O5. The summed E-state index contributed by atoms with van der Waals surface area (Å²) in [6.07, 6.45) is -11.0. The fourth-order valence-corrected chi connectivity index (χ4v) is 2.98. The summed E-state index contributed by atoms with van der Waals surface area (Å²) in [6.45, 7) is 0.883. The van der Waals surface area contributed by atoms with Gasteiger partial charge in [-0.05, 0) is 42.8 Å². The van der Waals surface area contributed by atoms with Gasteiger partial charge in [0.2, 0.25) is 12.2 Å². The number of hydrogen-bond donors (Lipinski definition) is 5. The first-order chi connectivity index (χ1) is 17.9. The number of aryl methyl sites for hydroxylation is 1. The van der Waals surface area contributed by atoms with Gasteiger partial charge in [0, 0.05) is 5.56 Å². The van der Waals surface area contributed by atoms with Gasteiger partial charge in [-0.2, -0.15) is 26.3 Å². The highest BCUT2D eigenvalue weighted by atomic mass is 19.4. The van der Waals surface area contributed by atoms with E-state index < -0.39 is 61.0 Å². The van der Waals surface area contributed by atoms with Crippen molar-refractivity contribution in [1.29, 1.82) is 0 Å². The molecule has 1 unspecified atom stereocenters. The van der Waals surface area contributed by atoms with Gasteiger partial charge in [0.1, 0.15) is 0 Å². The Hall–Kier alpha value is -4.63. The first-order valence-corrected chi connectivity index (χ1v) is 10.6. The Morgan fingerprint density at radius 1 is 1.05 bits per heavy atom. The van der Waals surface area contributed by atoms with Gasteiger partial charge in [0.25, 0.3) is 5.91 Å². The minimum absolute atomic E-state index is 0.0191. The number of alkyl halides is 6. The van der Waals surface area contributed by atoms with E-state index in [1.165, 1.54) is 31.2 Å². The summed E-state index contributed by atoms with van der Waals surface area (Å²) >= 11 is 0. The molecule has 0 spiro atoms. The molecule has 0 aromatic heterocycles. The Bertz CT molecular complexity index is 1230. The van der Waals surface area contributed by atoms with Crippen LogP contribution in [-0.2, 0) is 20.6 Å². The van der Waals surface area contributed by atoms with Crippen LogP contribution in [0, 0.1) is 6.92 Å². The Balaban J connectivity index is 0.00000113. The summed E-state index contributed by atoms with van der Waals surface area (Å²) < 4.78 is 70.6. The summed E-state index contributed by atoms with van der Waals surface area (Å²) in [7, 11) is 0. The Kier molecular flexibility index (Phi) is 11.4. The van der Waals surface area contributed by atoms with Crippen molar-refractivity contribution in [1.82, 2.24) is 10.6 Å². The van der Waals surface area contributed by atoms with Crippen LogP contribution in [0.2, 0.25) is 0 Å². The number of nitrogens with two attached hydrogens (primary N) is 2. The van der Waals surface area contributed by atoms with E-state index in [-0.39, 0.29) is 22.6 Å². The number of halogens is 6. The van der Waals surface area contributed by atoms with Crippen molar-refractivity contribution in [3.05, 3.63) is 64.7 Å². The zero-order valence-electron chi connectivity index (χ0n) is 20.1. The van der Waals surface area contributed by atoms with Gasteiger partial charge in [-0.25, -0.2) is 4.99 Å². The number of rotatable bonds is 8. The molecule has 39 heavy (non-hydrogen) atoms. The first kappa shape index (κ1) is 32.4. The fourth-order valence-electron chi connectivity index (χ4n) is 2.98. The molecule has 0 aliphatic carbocycles. The van der Waals surface area contributed by atoms with Crippen LogP contribution < -0.4 is 22.1 Å². The predicted molar refractivity (Wildman–Crippen MR) is 126 cm³/mol. The van der Waals surface area contributed by atoms with E-state index in [1.54, 1.807) is 6.07 Å². The number of carbonyl (C=O) groups is 4. The highest BCUT2D eigenvalue weighted by Crippen LogP contribution is 2.32. The second-order valence-corrected chi connectivity index (χ2v) is 7.78. The highest BCUT2D eigenvalue weighted by molar-refractivity contribution is 5.97. The number of benzene rings is 2. The molecule has 0 bridgehead atoms. The molecule has 0 radical (unpaired) electrons. The second-order valence-electron chi connectivity index (χ2n) is 7.78. The third-order valence-electron chi connectivity index (χ3n) is 4.45. The van der Waals surface area contributed by atoms with Crippen LogP contribution in [0.3, 0.4) is 0 Å². The van der Waals surface area contributed by atoms with Gasteiger partial charge in [-0.3, -0.25) is 19.2 Å². The minimum Gasteiger partial charge on any atom is -0.481 e. The standard InChI is InChI=1S/C21H22F3N5O4.C2HF3O/c1-11-5-13(7-14(6-11)21(22,23)24)16(9-18(31)32)29-17(30)10-27-19(33)12-3-2-4-15(8-12)28-20(25)26;3-2(4,5)1-6/h2-8,16H,9-10H2,1H3,(H,27,33)(H,29,30)(H,31,32)(H4,25,26,28);1H. The van der Waals surface area contributed by atoms with E-state index in [9.17, 15) is 40.7 Å². The lowest BCUT2D eigenvalue weighted by Gasteiger charge is -2.20. The lowest BCUT2D eigenvalue weighted by Crippen LogP contribution is -2.39. The molecule has 0 aliphatic heterocycles. The molecule has 0 aliphatic rings. The van der Waals surface area contributed by atoms with Crippen molar-refractivity contribution in [2.24, 2.45) is 16.5 Å². The number of hydrogen-bond acceptors (Lipinski definition) is 5. The van der Waals surface area contributed by atoms with Crippen LogP contribution in [-0.4, -0.2) is 47.9 Å². The summed E-state index contributed by atoms with van der Waals surface area (Å²) in [6, 6.07) is 7.74. The summed E-state index contributed by atoms with van der Waals surface area (Å²) in [4.78, 5) is 48.4. The number of aliphatic carboxylic acids is 1. The second kappa shape index (κ2) is 13.8. The fraction of sp³-hybridized carbons (Fsp3) is 0.261. The average molecular weight is 563 g/mol. The van der Waals surface area contributed by atoms with E-state index in [2.05, 4.69) is 15.6 Å². The number of amides is 2. The Labute approximate surface area is 217 Å². The number of carboxylic acid groups (broad SMARTS) is 1. The largest absolute Gasteiger partial charge is 0.481 e. The molecule has 7 N–H and O–H groups in total. The molecule has 0 saturated carbocycles. The zero-order chi connectivity index (χ0) is 30.0. The third-order valence-corrected chi connectivity index (χ3v) is 4.45. The maximum absolute atomic E-state index is 13.1. The normalized spacial score (nSPS) is 11.8. The van der Waals surface area contributed by atoms with Gasteiger partial charge >= 0.3 is 18.3 Å². The number of carbonyl (C=O) groups excluding carboxylic acids is 3. The van der Waals surface area contributed by atoms with Gasteiger partial charge < -0.3 is 27.2 Å². The number of nitrogens with zero attached hydrogens (tertiary/aromatic N) is 1. The SMILES string of the molecule is Cc1cc(C(CC(=O)O)NC(=O)CNC(=O)c2cccc(N=C(N)N)c2)cc(C(F)(F)F)c1.O=CC(F)(F)F. The molecule has 2 aromatic carbocycles. The maximum Gasteiger partial charge on any atom is 0.446 e. The van der Waals surface area contributed by atoms with E-state index in [0.29, 0.717) is 5.69 Å². The first-order valence-electron chi connectivity index (χ1n) is 10.6. The number of guanidine groups is 1. The molecule has 0 heterocycles. The molecule has 2 rings (SSSR count). The van der Waals surface area contributed by atoms with Crippen molar-refractivity contribution in [2.45, 2.75) is 31.7 Å². The molecule has 0 saturated heterocycles. The van der Waals surface area contributed by atoms with Crippen LogP contribution >= 0.6 is 0 Å². The monoisotopic (exact) mass is 563 g/mol. The van der Waals surface area contributed by atoms with Crippen LogP contribution in [0.5, 0.6) is 0 Å². The van der Waals surface area contributed by atoms with Crippen molar-refractivity contribution in [2.75, 3.05) is 6.54 Å². The van der Waals surface area contributed by atoms with Crippen LogP contribution in [0.25, 0.3) is 0 Å². The quantitative estimate of drug-likeness (QED) is 0.142. The minimum atomic E-state index is -4.64. The van der Waals surface area contributed by atoms with Crippen LogP contribution in [0.4, 0.5) is 32.0 Å². The van der Waals surface area contributed by atoms with E-state index in [0.717, 1.165) is 12.1 Å². The lowest BCUT2D eigenvalue weighted by atomic mass is 9.98. The van der Waals surface area contributed by atoms with Crippen molar-refractivity contribution >= 4 is 35.7 Å². The van der Waals surface area contributed by atoms with E-state index in [4.69, 9.17) is 21.4 Å². The predicted octanol–water partition coefficient (Wildman–Crippen LogP) is 2.73. The zero-order valence-corrected chi connectivity index (χ0v) is 20.1. The third kappa shape index (κ3) is 12.4. The molecule has 2 amide bonds. The molecule has 10 nitrogen and oxygen atoms in total. The number of nitrogens with one attached hydrogen (secondary N) is 2. The molecule has 0 fully saturated rings. The van der Waals surface area contributed by atoms with Crippen molar-refractivity contribution in [3.63, 3.8) is 0 Å². The molecule has 2 aromatic rings. The molecular weight excluding hydrogens is 540 g/mol. The van der Waals surface area contributed by atoms with Gasteiger partial charge in [0.05, 0.1) is 30.3 Å². The van der Waals surface area contributed by atoms with E-state index >= 15 is 0 Å². The average Bonchev–Trinajstić information content (AvgIpc) is 2.80. The van der Waals surface area contributed by atoms with Gasteiger partial charge in [-0.1, -0.05) is 17.7 Å². The number of carboxylic acids is 1. The van der Waals surface area contributed by atoms with Crippen molar-refractivity contribution < 1.29 is 50.6 Å². The molecule has 1 atom stereocenters. The maximum atomic E-state index is 13.1. The summed E-state index contributed by atoms with van der Waals surface area (Å²) in [5.41, 5.74) is 10.3. The molecule has 16 heteroatoms. The highest BCUT2D eigenvalue weighted by Gasteiger charge is 2.32. The van der Waals surface area contributed by atoms with Gasteiger partial charge in [-0.15, -0.1) is 0 Å². The Morgan fingerprint density at radius 2 is 1.67 bits per heavy atom. The summed E-state index contributed by atoms with van der Waals surface area (Å²) in [5, 5.41) is 13.8. The lowest BCUT2D eigenvalue weighted by molar-refractivity contribution is -0.156. The van der Waals surface area contributed by atoms with E-state index in [1.807, 2.05) is 0 Å². The summed E-state index contributed by atoms with van der Waals surface area (Å²) in [5.74, 6) is -2.95. The Morgan fingerprint density at radius 3 is 2.18 bits per heavy atom. The smallest absolute Gasteiger partial charge is 0.446 e. The number of aliphatic imine (C=N–C) groups is 1. The van der Waals surface area contributed by atoms with Gasteiger partial charge in [0.15, 0.2) is 5.96 Å². The topological polar surface area (TPSA) is 177 Å². The van der Waals surface area contributed by atoms with Crippen LogP contribution in [0.1, 0.15) is 39.5 Å². The molecule has 212 valence electrons. The van der Waals surface area contributed by atoms with Crippen LogP contribution in [0.15, 0.2) is 47.5 Å². The van der Waals surface area contributed by atoms with Crippen molar-refractivity contribution in [3.8, 4) is 0 Å². The number of aldehydes is 1.